The predicted octanol–water partition coefficient (Wildman–Crippen LogP) is 5.65. The zero-order chi connectivity index (χ0) is 16.5. The molecular formula is C19H15BrN2O2. The van der Waals surface area contributed by atoms with Crippen LogP contribution in [-0.4, -0.2) is 16.6 Å². The molecule has 0 fully saturated rings. The number of rotatable bonds is 4. The number of aromatic nitrogens is 2. The standard InChI is InChI=1S/C19H15BrN2O2/c1-2-24-18-4-3-14(20)8-15(18)13-7-16-17(12-5-6-23-11-12)10-22-19(16)21-9-13/h3-11H,2H2,1H3,(H,21,22). The molecule has 0 radical (unpaired) electrons. The topological polar surface area (TPSA) is 51.0 Å². The molecule has 3 aromatic heterocycles. The SMILES string of the molecule is CCOc1ccc(Br)cc1-c1cnc2[nH]cc(-c3ccoc3)c2c1. The van der Waals surface area contributed by atoms with Gasteiger partial charge in [0, 0.05) is 44.5 Å². The molecule has 120 valence electrons. The molecule has 0 aliphatic heterocycles. The summed E-state index contributed by atoms with van der Waals surface area (Å²) in [4.78, 5) is 7.77. The van der Waals surface area contributed by atoms with Gasteiger partial charge in [0.25, 0.3) is 0 Å². The van der Waals surface area contributed by atoms with Crippen LogP contribution in [0, 0.1) is 0 Å². The van der Waals surface area contributed by atoms with Gasteiger partial charge < -0.3 is 14.1 Å². The fourth-order valence-electron chi connectivity index (χ4n) is 2.82. The van der Waals surface area contributed by atoms with Crippen molar-refractivity contribution in [2.45, 2.75) is 6.92 Å². The molecule has 0 saturated carbocycles. The third-order valence-corrected chi connectivity index (χ3v) is 4.41. The summed E-state index contributed by atoms with van der Waals surface area (Å²) < 4.78 is 12.0. The highest BCUT2D eigenvalue weighted by atomic mass is 79.9. The Labute approximate surface area is 147 Å². The lowest BCUT2D eigenvalue weighted by Crippen LogP contribution is -1.94. The lowest BCUT2D eigenvalue weighted by Gasteiger charge is -2.11. The lowest BCUT2D eigenvalue weighted by molar-refractivity contribution is 0.341. The molecule has 0 unspecified atom stereocenters. The molecule has 3 heterocycles. The average molecular weight is 383 g/mol. The maximum absolute atomic E-state index is 5.77. The summed E-state index contributed by atoms with van der Waals surface area (Å²) in [5.74, 6) is 0.849. The second kappa shape index (κ2) is 6.17. The normalized spacial score (nSPS) is 11.1. The van der Waals surface area contributed by atoms with Crippen LogP contribution in [-0.2, 0) is 0 Å². The van der Waals surface area contributed by atoms with Gasteiger partial charge in [-0.05, 0) is 37.3 Å². The fraction of sp³-hybridized carbons (Fsp3) is 0.105. The fourth-order valence-corrected chi connectivity index (χ4v) is 3.18. The van der Waals surface area contributed by atoms with Crippen LogP contribution >= 0.6 is 15.9 Å². The van der Waals surface area contributed by atoms with Crippen molar-refractivity contribution < 1.29 is 9.15 Å². The molecule has 0 saturated heterocycles. The Morgan fingerprint density at radius 3 is 2.88 bits per heavy atom. The Morgan fingerprint density at radius 2 is 2.08 bits per heavy atom. The monoisotopic (exact) mass is 382 g/mol. The van der Waals surface area contributed by atoms with Gasteiger partial charge in [0.2, 0.25) is 0 Å². The zero-order valence-electron chi connectivity index (χ0n) is 13.0. The van der Waals surface area contributed by atoms with Crippen LogP contribution in [0.3, 0.4) is 0 Å². The quantitative estimate of drug-likeness (QED) is 0.495. The molecule has 4 nitrogen and oxygen atoms in total. The zero-order valence-corrected chi connectivity index (χ0v) is 14.6. The van der Waals surface area contributed by atoms with E-state index in [1.54, 1.807) is 12.5 Å². The highest BCUT2D eigenvalue weighted by Gasteiger charge is 2.12. The summed E-state index contributed by atoms with van der Waals surface area (Å²) >= 11 is 3.54. The van der Waals surface area contributed by atoms with Crippen LogP contribution < -0.4 is 4.74 Å². The van der Waals surface area contributed by atoms with E-state index in [0.717, 1.165) is 43.5 Å². The van der Waals surface area contributed by atoms with Gasteiger partial charge in [-0.25, -0.2) is 4.98 Å². The third kappa shape index (κ3) is 2.61. The predicted molar refractivity (Wildman–Crippen MR) is 98.1 cm³/mol. The molecule has 1 aromatic carbocycles. The number of furan rings is 1. The van der Waals surface area contributed by atoms with Crippen LogP contribution in [0.1, 0.15) is 6.92 Å². The van der Waals surface area contributed by atoms with E-state index in [1.807, 2.05) is 37.5 Å². The highest BCUT2D eigenvalue weighted by molar-refractivity contribution is 9.10. The highest BCUT2D eigenvalue weighted by Crippen LogP contribution is 2.36. The minimum absolute atomic E-state index is 0.620. The number of ether oxygens (including phenoxy) is 1. The number of nitrogens with zero attached hydrogens (tertiary/aromatic N) is 1. The molecule has 5 heteroatoms. The first-order valence-electron chi connectivity index (χ1n) is 7.68. The summed E-state index contributed by atoms with van der Waals surface area (Å²) in [6, 6.07) is 10.1. The number of hydrogen-bond acceptors (Lipinski definition) is 3. The van der Waals surface area contributed by atoms with Gasteiger partial charge in [0.15, 0.2) is 0 Å². The van der Waals surface area contributed by atoms with Crippen molar-refractivity contribution in [3.63, 3.8) is 0 Å². The van der Waals surface area contributed by atoms with Gasteiger partial charge in [-0.2, -0.15) is 0 Å². The minimum Gasteiger partial charge on any atom is -0.493 e. The van der Waals surface area contributed by atoms with E-state index < -0.39 is 0 Å². The van der Waals surface area contributed by atoms with E-state index in [9.17, 15) is 0 Å². The first-order chi connectivity index (χ1) is 11.8. The van der Waals surface area contributed by atoms with Gasteiger partial charge in [-0.3, -0.25) is 0 Å². The smallest absolute Gasteiger partial charge is 0.137 e. The summed E-state index contributed by atoms with van der Waals surface area (Å²) in [5, 5.41) is 1.05. The molecule has 24 heavy (non-hydrogen) atoms. The number of aromatic amines is 1. The molecule has 0 bridgehead atoms. The third-order valence-electron chi connectivity index (χ3n) is 3.92. The number of pyridine rings is 1. The summed E-state index contributed by atoms with van der Waals surface area (Å²) in [5.41, 5.74) is 4.97. The Morgan fingerprint density at radius 1 is 1.17 bits per heavy atom. The Hall–Kier alpha value is -2.53. The number of halogens is 1. The van der Waals surface area contributed by atoms with Crippen LogP contribution in [0.5, 0.6) is 5.75 Å². The molecule has 0 spiro atoms. The summed E-state index contributed by atoms with van der Waals surface area (Å²) in [7, 11) is 0. The Balaban J connectivity index is 1.89. The van der Waals surface area contributed by atoms with Crippen LogP contribution in [0.4, 0.5) is 0 Å². The second-order valence-corrected chi connectivity index (χ2v) is 6.32. The van der Waals surface area contributed by atoms with Crippen molar-refractivity contribution in [1.29, 1.82) is 0 Å². The summed E-state index contributed by atoms with van der Waals surface area (Å²) in [6.45, 7) is 2.60. The van der Waals surface area contributed by atoms with Crippen LogP contribution in [0.25, 0.3) is 33.3 Å². The van der Waals surface area contributed by atoms with Crippen molar-refractivity contribution in [1.82, 2.24) is 9.97 Å². The molecular weight excluding hydrogens is 368 g/mol. The van der Waals surface area contributed by atoms with Crippen molar-refractivity contribution in [3.05, 3.63) is 59.7 Å². The van der Waals surface area contributed by atoms with Gasteiger partial charge in [-0.15, -0.1) is 0 Å². The van der Waals surface area contributed by atoms with E-state index in [4.69, 9.17) is 9.15 Å². The van der Waals surface area contributed by atoms with Crippen molar-refractivity contribution in [2.24, 2.45) is 0 Å². The van der Waals surface area contributed by atoms with Crippen LogP contribution in [0.15, 0.2) is 64.1 Å². The van der Waals surface area contributed by atoms with E-state index in [0.29, 0.717) is 6.61 Å². The molecule has 0 amide bonds. The van der Waals surface area contributed by atoms with Crippen molar-refractivity contribution in [3.8, 4) is 28.0 Å². The summed E-state index contributed by atoms with van der Waals surface area (Å²) in [6.07, 6.45) is 7.23. The number of hydrogen-bond donors (Lipinski definition) is 1. The van der Waals surface area contributed by atoms with Gasteiger partial charge >= 0.3 is 0 Å². The van der Waals surface area contributed by atoms with Crippen molar-refractivity contribution in [2.75, 3.05) is 6.61 Å². The number of fused-ring (bicyclic) bond motifs is 1. The molecule has 4 rings (SSSR count). The van der Waals surface area contributed by atoms with E-state index in [-0.39, 0.29) is 0 Å². The first-order valence-corrected chi connectivity index (χ1v) is 8.48. The largest absolute Gasteiger partial charge is 0.493 e. The van der Waals surface area contributed by atoms with E-state index in [2.05, 4.69) is 38.0 Å². The number of benzene rings is 1. The van der Waals surface area contributed by atoms with Gasteiger partial charge in [0.1, 0.15) is 11.4 Å². The maximum atomic E-state index is 5.77. The first kappa shape index (κ1) is 15.0. The average Bonchev–Trinajstić information content (AvgIpc) is 3.24. The minimum atomic E-state index is 0.620. The molecule has 0 aliphatic carbocycles. The molecule has 0 aliphatic rings. The lowest BCUT2D eigenvalue weighted by atomic mass is 10.0. The second-order valence-electron chi connectivity index (χ2n) is 5.41. The molecule has 4 aromatic rings. The molecule has 0 atom stereocenters. The van der Waals surface area contributed by atoms with Crippen LogP contribution in [0.2, 0.25) is 0 Å². The molecule has 1 N–H and O–H groups in total. The number of H-pyrrole nitrogens is 1. The van der Waals surface area contributed by atoms with Gasteiger partial charge in [0.05, 0.1) is 19.1 Å². The van der Waals surface area contributed by atoms with E-state index >= 15 is 0 Å². The van der Waals surface area contributed by atoms with Crippen molar-refractivity contribution >= 4 is 27.0 Å². The van der Waals surface area contributed by atoms with E-state index in [1.165, 1.54) is 0 Å². The number of nitrogens with one attached hydrogen (secondary N) is 1. The van der Waals surface area contributed by atoms with Gasteiger partial charge in [-0.1, -0.05) is 15.9 Å². The maximum Gasteiger partial charge on any atom is 0.137 e. The Bertz CT molecular complexity index is 990. The Kier molecular flexibility index (Phi) is 3.86.